The number of rotatable bonds is 8. The van der Waals surface area contributed by atoms with E-state index in [2.05, 4.69) is 52.1 Å². The summed E-state index contributed by atoms with van der Waals surface area (Å²) in [5.41, 5.74) is 7.90. The standard InChI is InChI=1S/C31H33BrN8O4S/c1-18-7-8-22(35-27(41)17-39-9-11-44-12-10-39)15-26(18)40-19(2)13-24(20(40)3)30-37-29-28(25(32)16-34-31(29)38-30)36-21-5-4-6-23(14-21)45(33,42)43/h4-8,13-16H,9-12,17H2,1-3H3,(H,35,41)(H2,33,42,43)(H2,34,36,37,38). The molecule has 0 unspecified atom stereocenters. The Hall–Kier alpha value is -4.08. The van der Waals surface area contributed by atoms with Crippen molar-refractivity contribution in [3.63, 3.8) is 0 Å². The van der Waals surface area contributed by atoms with Gasteiger partial charge in [0.1, 0.15) is 11.3 Å². The van der Waals surface area contributed by atoms with Crippen molar-refractivity contribution in [1.82, 2.24) is 24.4 Å². The maximum atomic E-state index is 12.8. The van der Waals surface area contributed by atoms with Crippen LogP contribution < -0.4 is 15.8 Å². The first-order valence-corrected chi connectivity index (χ1v) is 16.7. The predicted octanol–water partition coefficient (Wildman–Crippen LogP) is 4.77. The van der Waals surface area contributed by atoms with Gasteiger partial charge in [-0.05, 0) is 78.7 Å². The summed E-state index contributed by atoms with van der Waals surface area (Å²) >= 11 is 3.56. The molecule has 14 heteroatoms. The normalized spacial score (nSPS) is 14.2. The van der Waals surface area contributed by atoms with Crippen LogP contribution in [0.5, 0.6) is 0 Å². The molecule has 4 heterocycles. The first-order valence-electron chi connectivity index (χ1n) is 14.3. The Balaban J connectivity index is 1.31. The number of nitrogens with zero attached hydrogens (tertiary/aromatic N) is 4. The third-order valence-corrected chi connectivity index (χ3v) is 9.31. The molecule has 5 N–H and O–H groups in total. The number of anilines is 3. The van der Waals surface area contributed by atoms with E-state index in [-0.39, 0.29) is 10.8 Å². The predicted molar refractivity (Wildman–Crippen MR) is 178 cm³/mol. The zero-order valence-corrected chi connectivity index (χ0v) is 27.4. The van der Waals surface area contributed by atoms with Crippen molar-refractivity contribution >= 4 is 60.1 Å². The number of aromatic amines is 1. The highest BCUT2D eigenvalue weighted by molar-refractivity contribution is 9.10. The Morgan fingerprint density at radius 2 is 1.87 bits per heavy atom. The van der Waals surface area contributed by atoms with Crippen molar-refractivity contribution in [3.05, 3.63) is 76.2 Å². The zero-order chi connectivity index (χ0) is 31.9. The number of hydrogen-bond acceptors (Lipinski definition) is 8. The van der Waals surface area contributed by atoms with Crippen LogP contribution in [-0.2, 0) is 19.6 Å². The molecular weight excluding hydrogens is 660 g/mol. The van der Waals surface area contributed by atoms with E-state index in [9.17, 15) is 13.2 Å². The lowest BCUT2D eigenvalue weighted by Crippen LogP contribution is -2.41. The lowest BCUT2D eigenvalue weighted by atomic mass is 10.1. The molecule has 1 aliphatic rings. The van der Waals surface area contributed by atoms with E-state index in [1.165, 1.54) is 12.1 Å². The van der Waals surface area contributed by atoms with Crippen LogP contribution in [0, 0.1) is 20.8 Å². The maximum Gasteiger partial charge on any atom is 0.238 e. The van der Waals surface area contributed by atoms with Crippen LogP contribution in [0.25, 0.3) is 28.2 Å². The Kier molecular flexibility index (Phi) is 8.50. The van der Waals surface area contributed by atoms with Gasteiger partial charge in [0.15, 0.2) is 5.65 Å². The number of carbonyl (C=O) groups is 1. The second-order valence-corrected chi connectivity index (χ2v) is 13.4. The van der Waals surface area contributed by atoms with Crippen LogP contribution >= 0.6 is 15.9 Å². The summed E-state index contributed by atoms with van der Waals surface area (Å²) in [6.07, 6.45) is 1.64. The highest BCUT2D eigenvalue weighted by Gasteiger charge is 2.20. The molecular formula is C31H33BrN8O4S. The number of imidazole rings is 1. The number of fused-ring (bicyclic) bond motifs is 1. The van der Waals surface area contributed by atoms with Crippen molar-refractivity contribution in [2.45, 2.75) is 25.7 Å². The van der Waals surface area contributed by atoms with Gasteiger partial charge in [-0.25, -0.2) is 23.5 Å². The highest BCUT2D eigenvalue weighted by Crippen LogP contribution is 2.36. The van der Waals surface area contributed by atoms with E-state index in [1.54, 1.807) is 18.3 Å². The number of primary sulfonamides is 1. The number of pyridine rings is 1. The third kappa shape index (κ3) is 6.51. The molecule has 0 atom stereocenters. The Morgan fingerprint density at radius 1 is 1.09 bits per heavy atom. The van der Waals surface area contributed by atoms with Crippen LogP contribution in [0.15, 0.2) is 64.1 Å². The molecule has 3 aromatic heterocycles. The van der Waals surface area contributed by atoms with Crippen molar-refractivity contribution in [2.75, 3.05) is 43.5 Å². The highest BCUT2D eigenvalue weighted by atomic mass is 79.9. The van der Waals surface area contributed by atoms with Crippen molar-refractivity contribution in [3.8, 4) is 17.1 Å². The number of amides is 1. The van der Waals surface area contributed by atoms with Gasteiger partial charge in [0.05, 0.1) is 40.5 Å². The first-order chi connectivity index (χ1) is 21.5. The summed E-state index contributed by atoms with van der Waals surface area (Å²) in [5.74, 6) is 0.568. The molecule has 45 heavy (non-hydrogen) atoms. The van der Waals surface area contributed by atoms with Gasteiger partial charge in [-0.3, -0.25) is 9.69 Å². The zero-order valence-electron chi connectivity index (χ0n) is 25.0. The number of halogens is 1. The van der Waals surface area contributed by atoms with Crippen LogP contribution in [0.1, 0.15) is 17.0 Å². The minimum Gasteiger partial charge on any atom is -0.379 e. The molecule has 1 amide bonds. The summed E-state index contributed by atoms with van der Waals surface area (Å²) in [7, 11) is -3.86. The van der Waals surface area contributed by atoms with Gasteiger partial charge < -0.3 is 24.9 Å². The number of sulfonamides is 1. The minimum absolute atomic E-state index is 0.00249. The molecule has 234 valence electrons. The van der Waals surface area contributed by atoms with E-state index in [0.29, 0.717) is 52.6 Å². The van der Waals surface area contributed by atoms with E-state index in [1.807, 2.05) is 39.0 Å². The molecule has 12 nitrogen and oxygen atoms in total. The average molecular weight is 694 g/mol. The molecule has 0 aliphatic carbocycles. The van der Waals surface area contributed by atoms with Gasteiger partial charge in [0, 0.05) is 47.6 Å². The van der Waals surface area contributed by atoms with E-state index in [4.69, 9.17) is 14.9 Å². The fraction of sp³-hybridized carbons (Fsp3) is 0.258. The fourth-order valence-corrected chi connectivity index (χ4v) is 6.50. The molecule has 1 aliphatic heterocycles. The quantitative estimate of drug-likeness (QED) is 0.181. The van der Waals surface area contributed by atoms with Gasteiger partial charge in [-0.1, -0.05) is 12.1 Å². The number of carbonyl (C=O) groups excluding carboxylic acids is 1. The second-order valence-electron chi connectivity index (χ2n) is 11.0. The lowest BCUT2D eigenvalue weighted by molar-refractivity contribution is -0.118. The van der Waals surface area contributed by atoms with Crippen molar-refractivity contribution < 1.29 is 17.9 Å². The summed E-state index contributed by atoms with van der Waals surface area (Å²) < 4.78 is 32.0. The van der Waals surface area contributed by atoms with Crippen LogP contribution in [-0.4, -0.2) is 71.6 Å². The van der Waals surface area contributed by atoms with Gasteiger partial charge in [0.2, 0.25) is 15.9 Å². The molecule has 1 saturated heterocycles. The van der Waals surface area contributed by atoms with E-state index < -0.39 is 10.0 Å². The van der Waals surface area contributed by atoms with Gasteiger partial charge in [-0.15, -0.1) is 0 Å². The van der Waals surface area contributed by atoms with E-state index in [0.717, 1.165) is 47.0 Å². The van der Waals surface area contributed by atoms with Gasteiger partial charge in [0.25, 0.3) is 0 Å². The van der Waals surface area contributed by atoms with Crippen LogP contribution in [0.2, 0.25) is 0 Å². The molecule has 2 aromatic carbocycles. The number of H-pyrrole nitrogens is 1. The number of ether oxygens (including phenoxy) is 1. The maximum absolute atomic E-state index is 12.8. The third-order valence-electron chi connectivity index (χ3n) is 7.80. The Labute approximate surface area is 269 Å². The molecule has 0 spiro atoms. The van der Waals surface area contributed by atoms with E-state index >= 15 is 0 Å². The summed E-state index contributed by atoms with van der Waals surface area (Å²) in [4.78, 5) is 27.6. The largest absolute Gasteiger partial charge is 0.379 e. The number of nitrogens with two attached hydrogens (primary N) is 1. The summed E-state index contributed by atoms with van der Waals surface area (Å²) in [6.45, 7) is 9.19. The number of aromatic nitrogens is 4. The summed E-state index contributed by atoms with van der Waals surface area (Å²) in [5, 5.41) is 11.7. The van der Waals surface area contributed by atoms with Gasteiger partial charge >= 0.3 is 0 Å². The smallest absolute Gasteiger partial charge is 0.238 e. The fourth-order valence-electron chi connectivity index (χ4n) is 5.54. The molecule has 0 saturated carbocycles. The minimum atomic E-state index is -3.86. The number of nitrogens with one attached hydrogen (secondary N) is 3. The molecule has 0 radical (unpaired) electrons. The number of hydrogen-bond donors (Lipinski definition) is 4. The number of morpholine rings is 1. The lowest BCUT2D eigenvalue weighted by Gasteiger charge is -2.25. The Bertz CT molecular complexity index is 2030. The number of benzene rings is 2. The van der Waals surface area contributed by atoms with Crippen molar-refractivity contribution in [2.24, 2.45) is 5.14 Å². The number of aryl methyl sites for hydroxylation is 2. The molecule has 0 bridgehead atoms. The first kappa shape index (κ1) is 30.9. The molecule has 6 rings (SSSR count). The van der Waals surface area contributed by atoms with Crippen LogP contribution in [0.3, 0.4) is 0 Å². The monoisotopic (exact) mass is 692 g/mol. The average Bonchev–Trinajstić information content (AvgIpc) is 3.56. The Morgan fingerprint density at radius 3 is 2.62 bits per heavy atom. The van der Waals surface area contributed by atoms with Crippen molar-refractivity contribution in [1.29, 1.82) is 0 Å². The SMILES string of the molecule is Cc1ccc(NC(=O)CN2CCOCC2)cc1-n1c(C)cc(-c2nc3ncc(Br)c(Nc4cccc(S(N)(=O)=O)c4)c3[nH]2)c1C. The molecule has 5 aromatic rings. The second kappa shape index (κ2) is 12.4. The summed E-state index contributed by atoms with van der Waals surface area (Å²) in [6, 6.07) is 14.3. The molecule has 1 fully saturated rings. The van der Waals surface area contributed by atoms with Crippen LogP contribution in [0.4, 0.5) is 17.1 Å². The topological polar surface area (TPSA) is 160 Å². The van der Waals surface area contributed by atoms with Gasteiger partial charge in [-0.2, -0.15) is 0 Å².